The molecule has 22 heavy (non-hydrogen) atoms. The van der Waals surface area contributed by atoms with Crippen molar-refractivity contribution < 1.29 is 0 Å². The normalized spacial score (nSPS) is 21.7. The highest BCUT2D eigenvalue weighted by molar-refractivity contribution is 5.90. The van der Waals surface area contributed by atoms with Gasteiger partial charge in [0.2, 0.25) is 0 Å². The lowest BCUT2D eigenvalue weighted by Crippen LogP contribution is -2.32. The van der Waals surface area contributed by atoms with Crippen LogP contribution < -0.4 is 5.32 Å². The maximum absolute atomic E-state index is 4.53. The van der Waals surface area contributed by atoms with Crippen LogP contribution in [0.4, 0.5) is 5.82 Å². The summed E-state index contributed by atoms with van der Waals surface area (Å²) in [5.41, 5.74) is 2.96. The second-order valence-electron chi connectivity index (χ2n) is 7.24. The topological polar surface area (TPSA) is 53.6 Å². The molecule has 0 aliphatic heterocycles. The number of fused-ring (bicyclic) bond motifs is 1. The molecule has 0 unspecified atom stereocenters. The number of rotatable bonds is 3. The number of aromatic nitrogens is 3. The molecule has 2 heterocycles. The zero-order valence-corrected chi connectivity index (χ0v) is 13.5. The molecule has 0 saturated heterocycles. The third-order valence-corrected chi connectivity index (χ3v) is 5.98. The maximum Gasteiger partial charge on any atom is 0.143 e. The predicted octanol–water partition coefficient (Wildman–Crippen LogP) is 4.44. The van der Waals surface area contributed by atoms with E-state index < -0.39 is 0 Å². The Morgan fingerprint density at radius 2 is 1.95 bits per heavy atom. The zero-order valence-electron chi connectivity index (χ0n) is 13.5. The molecule has 4 nitrogen and oxygen atoms in total. The monoisotopic (exact) mass is 298 g/mol. The molecule has 1 spiro atoms. The first-order chi connectivity index (χ1) is 10.8. The first-order valence-electron chi connectivity index (χ1n) is 8.87. The van der Waals surface area contributed by atoms with Gasteiger partial charge in [-0.3, -0.25) is 0 Å². The van der Waals surface area contributed by atoms with Gasteiger partial charge in [0.15, 0.2) is 0 Å². The Balaban J connectivity index is 1.51. The van der Waals surface area contributed by atoms with Crippen molar-refractivity contribution in [2.45, 2.75) is 70.8 Å². The lowest BCUT2D eigenvalue weighted by Gasteiger charge is -2.37. The summed E-state index contributed by atoms with van der Waals surface area (Å²) in [6.07, 6.45) is 16.0. The number of anilines is 1. The van der Waals surface area contributed by atoms with E-state index in [2.05, 4.69) is 33.4 Å². The first-order valence-corrected chi connectivity index (χ1v) is 8.87. The number of hydrogen-bond acceptors (Lipinski definition) is 3. The van der Waals surface area contributed by atoms with E-state index in [1.165, 1.54) is 62.3 Å². The smallest absolute Gasteiger partial charge is 0.143 e. The molecule has 0 bridgehead atoms. The Kier molecular flexibility index (Phi) is 3.55. The van der Waals surface area contributed by atoms with E-state index in [9.17, 15) is 0 Å². The standard InChI is InChI=1S/C18H26N4/c1-2-13-11-19-16-15(13)17(21-12-20-16)22-14-5-9-18(10-6-14)7-3-4-8-18/h11-12,14H,2-10H2,1H3,(H2,19,20,21,22). The molecule has 0 radical (unpaired) electrons. The average Bonchev–Trinajstić information content (AvgIpc) is 3.17. The number of nitrogens with one attached hydrogen (secondary N) is 2. The quantitative estimate of drug-likeness (QED) is 0.881. The number of nitrogens with zero attached hydrogens (tertiary/aromatic N) is 2. The number of hydrogen-bond donors (Lipinski definition) is 2. The van der Waals surface area contributed by atoms with Gasteiger partial charge in [0.1, 0.15) is 17.8 Å². The van der Waals surface area contributed by atoms with Crippen LogP contribution in [-0.2, 0) is 6.42 Å². The van der Waals surface area contributed by atoms with Gasteiger partial charge < -0.3 is 10.3 Å². The SMILES string of the molecule is CCc1c[nH]c2ncnc(NC3CCC4(CCCC4)CC3)c12. The van der Waals surface area contributed by atoms with E-state index >= 15 is 0 Å². The molecule has 2 aliphatic rings. The van der Waals surface area contributed by atoms with Gasteiger partial charge >= 0.3 is 0 Å². The Morgan fingerprint density at radius 1 is 1.18 bits per heavy atom. The minimum absolute atomic E-state index is 0.573. The van der Waals surface area contributed by atoms with Gasteiger partial charge in [-0.05, 0) is 55.9 Å². The molecule has 0 atom stereocenters. The second-order valence-corrected chi connectivity index (χ2v) is 7.24. The van der Waals surface area contributed by atoms with E-state index in [-0.39, 0.29) is 0 Å². The lowest BCUT2D eigenvalue weighted by molar-refractivity contribution is 0.188. The van der Waals surface area contributed by atoms with Gasteiger partial charge in [0.25, 0.3) is 0 Å². The number of H-pyrrole nitrogens is 1. The Hall–Kier alpha value is -1.58. The van der Waals surface area contributed by atoms with Gasteiger partial charge in [-0.25, -0.2) is 9.97 Å². The summed E-state index contributed by atoms with van der Waals surface area (Å²) in [5, 5.41) is 4.91. The molecule has 118 valence electrons. The van der Waals surface area contributed by atoms with Crippen LogP contribution in [0.5, 0.6) is 0 Å². The van der Waals surface area contributed by atoms with Gasteiger partial charge in [-0.2, -0.15) is 0 Å². The maximum atomic E-state index is 4.53. The molecule has 2 aliphatic carbocycles. The molecule has 2 aromatic rings. The summed E-state index contributed by atoms with van der Waals surface area (Å²) >= 11 is 0. The van der Waals surface area contributed by atoms with Gasteiger partial charge in [-0.1, -0.05) is 19.8 Å². The highest BCUT2D eigenvalue weighted by Gasteiger charge is 2.37. The van der Waals surface area contributed by atoms with Crippen molar-refractivity contribution in [3.63, 3.8) is 0 Å². The van der Waals surface area contributed by atoms with Crippen molar-refractivity contribution >= 4 is 16.9 Å². The van der Waals surface area contributed by atoms with E-state index in [1.54, 1.807) is 6.33 Å². The molecule has 4 rings (SSSR count). The van der Waals surface area contributed by atoms with Crippen molar-refractivity contribution in [3.05, 3.63) is 18.1 Å². The molecule has 2 aromatic heterocycles. The van der Waals surface area contributed by atoms with Crippen molar-refractivity contribution in [1.82, 2.24) is 15.0 Å². The summed E-state index contributed by atoms with van der Waals surface area (Å²) in [6.45, 7) is 2.18. The van der Waals surface area contributed by atoms with Crippen molar-refractivity contribution in [3.8, 4) is 0 Å². The van der Waals surface area contributed by atoms with E-state index in [0.29, 0.717) is 11.5 Å². The van der Waals surface area contributed by atoms with Crippen LogP contribution in [0.25, 0.3) is 11.0 Å². The van der Waals surface area contributed by atoms with Gasteiger partial charge in [0, 0.05) is 12.2 Å². The number of aryl methyl sites for hydroxylation is 1. The minimum Gasteiger partial charge on any atom is -0.367 e. The fourth-order valence-corrected chi connectivity index (χ4v) is 4.61. The highest BCUT2D eigenvalue weighted by Crippen LogP contribution is 2.49. The second kappa shape index (κ2) is 5.56. The van der Waals surface area contributed by atoms with Crippen LogP contribution in [0, 0.1) is 5.41 Å². The molecular formula is C18H26N4. The summed E-state index contributed by atoms with van der Waals surface area (Å²) in [6, 6.07) is 0.573. The van der Waals surface area contributed by atoms with Crippen LogP contribution in [0.3, 0.4) is 0 Å². The van der Waals surface area contributed by atoms with Crippen LogP contribution in [0.1, 0.15) is 63.9 Å². The van der Waals surface area contributed by atoms with E-state index in [4.69, 9.17) is 0 Å². The van der Waals surface area contributed by atoms with E-state index in [1.807, 2.05) is 0 Å². The van der Waals surface area contributed by atoms with Crippen molar-refractivity contribution in [1.29, 1.82) is 0 Å². The summed E-state index contributed by atoms with van der Waals surface area (Å²) in [5.74, 6) is 1.02. The summed E-state index contributed by atoms with van der Waals surface area (Å²) in [7, 11) is 0. The fourth-order valence-electron chi connectivity index (χ4n) is 4.61. The van der Waals surface area contributed by atoms with Crippen LogP contribution in [0.15, 0.2) is 12.5 Å². The summed E-state index contributed by atoms with van der Waals surface area (Å²) in [4.78, 5) is 12.1. The fraction of sp³-hybridized carbons (Fsp3) is 0.667. The Labute approximate surface area is 132 Å². The Bertz CT molecular complexity index is 644. The molecule has 0 aromatic carbocycles. The zero-order chi connectivity index (χ0) is 15.0. The van der Waals surface area contributed by atoms with Crippen molar-refractivity contribution in [2.75, 3.05) is 5.32 Å². The summed E-state index contributed by atoms with van der Waals surface area (Å²) < 4.78 is 0. The third-order valence-electron chi connectivity index (χ3n) is 5.98. The Morgan fingerprint density at radius 3 is 2.68 bits per heavy atom. The third kappa shape index (κ3) is 2.38. The predicted molar refractivity (Wildman–Crippen MR) is 90.0 cm³/mol. The van der Waals surface area contributed by atoms with Gasteiger partial charge in [-0.15, -0.1) is 0 Å². The number of aromatic amines is 1. The molecule has 4 heteroatoms. The highest BCUT2D eigenvalue weighted by atomic mass is 15.1. The molecule has 2 N–H and O–H groups in total. The van der Waals surface area contributed by atoms with Crippen molar-refractivity contribution in [2.24, 2.45) is 5.41 Å². The minimum atomic E-state index is 0.573. The average molecular weight is 298 g/mol. The first kappa shape index (κ1) is 14.0. The van der Waals surface area contributed by atoms with E-state index in [0.717, 1.165) is 17.9 Å². The molecule has 0 amide bonds. The largest absolute Gasteiger partial charge is 0.367 e. The van der Waals surface area contributed by atoms with Crippen LogP contribution >= 0.6 is 0 Å². The van der Waals surface area contributed by atoms with Gasteiger partial charge in [0.05, 0.1) is 5.39 Å². The van der Waals surface area contributed by atoms with Crippen LogP contribution in [0.2, 0.25) is 0 Å². The molecule has 2 saturated carbocycles. The molecular weight excluding hydrogens is 272 g/mol. The van der Waals surface area contributed by atoms with Crippen LogP contribution in [-0.4, -0.2) is 21.0 Å². The lowest BCUT2D eigenvalue weighted by atomic mass is 9.71. The molecule has 2 fully saturated rings.